The maximum Gasteiger partial charge on any atom is 0.229 e. The molecule has 3 rings (SSSR count). The van der Waals surface area contributed by atoms with Crippen LogP contribution in [0.2, 0.25) is 0 Å². The Labute approximate surface area is 115 Å². The molecule has 1 spiro atoms. The number of nitrogens with zero attached hydrogens (tertiary/aromatic N) is 1. The van der Waals surface area contributed by atoms with Crippen LogP contribution in [-0.2, 0) is 9.53 Å². The van der Waals surface area contributed by atoms with Crippen LogP contribution in [-0.4, -0.2) is 48.8 Å². The fourth-order valence-corrected chi connectivity index (χ4v) is 4.30. The number of hydrogen-bond donors (Lipinski definition) is 1. The van der Waals surface area contributed by atoms with Crippen LogP contribution in [0.1, 0.15) is 44.9 Å². The quantitative estimate of drug-likeness (QED) is 0.844. The van der Waals surface area contributed by atoms with Crippen molar-refractivity contribution in [2.75, 3.05) is 32.9 Å². The predicted octanol–water partition coefficient (Wildman–Crippen LogP) is 1.57. The first kappa shape index (κ1) is 13.4. The Morgan fingerprint density at radius 3 is 2.47 bits per heavy atom. The second-order valence-corrected chi connectivity index (χ2v) is 6.48. The molecular weight excluding hydrogens is 242 g/mol. The number of aliphatic hydroxyl groups is 1. The van der Waals surface area contributed by atoms with Crippen molar-refractivity contribution in [3.05, 3.63) is 0 Å². The molecule has 1 amide bonds. The van der Waals surface area contributed by atoms with Crippen molar-refractivity contribution in [2.24, 2.45) is 10.8 Å². The third kappa shape index (κ3) is 2.09. The number of ether oxygens (including phenoxy) is 1. The Bertz CT molecular complexity index is 345. The van der Waals surface area contributed by atoms with E-state index in [9.17, 15) is 9.90 Å². The van der Waals surface area contributed by atoms with E-state index in [4.69, 9.17) is 4.74 Å². The summed E-state index contributed by atoms with van der Waals surface area (Å²) in [6.45, 7) is 3.51. The zero-order valence-corrected chi connectivity index (χ0v) is 11.7. The highest BCUT2D eigenvalue weighted by Crippen LogP contribution is 2.71. The summed E-state index contributed by atoms with van der Waals surface area (Å²) in [4.78, 5) is 15.0. The van der Waals surface area contributed by atoms with Crippen LogP contribution in [0, 0.1) is 10.8 Å². The van der Waals surface area contributed by atoms with Gasteiger partial charge in [-0.25, -0.2) is 0 Å². The molecule has 2 saturated heterocycles. The average Bonchev–Trinajstić information content (AvgIpc) is 3.07. The topological polar surface area (TPSA) is 49.8 Å². The highest BCUT2D eigenvalue weighted by molar-refractivity contribution is 5.87. The molecule has 4 nitrogen and oxygen atoms in total. The first-order chi connectivity index (χ1) is 9.24. The molecule has 2 aliphatic heterocycles. The van der Waals surface area contributed by atoms with Crippen molar-refractivity contribution in [1.82, 2.24) is 4.90 Å². The van der Waals surface area contributed by atoms with Gasteiger partial charge in [0.15, 0.2) is 0 Å². The average molecular weight is 267 g/mol. The van der Waals surface area contributed by atoms with E-state index >= 15 is 0 Å². The second-order valence-electron chi connectivity index (χ2n) is 6.48. The summed E-state index contributed by atoms with van der Waals surface area (Å²) in [6, 6.07) is 0. The monoisotopic (exact) mass is 267 g/mol. The highest BCUT2D eigenvalue weighted by Gasteiger charge is 2.71. The van der Waals surface area contributed by atoms with Gasteiger partial charge in [-0.3, -0.25) is 4.79 Å². The highest BCUT2D eigenvalue weighted by atomic mass is 16.5. The zero-order chi connectivity index (χ0) is 13.3. The van der Waals surface area contributed by atoms with Crippen molar-refractivity contribution in [2.45, 2.75) is 44.9 Å². The summed E-state index contributed by atoms with van der Waals surface area (Å²) < 4.78 is 5.45. The van der Waals surface area contributed by atoms with Crippen molar-refractivity contribution in [3.8, 4) is 0 Å². The van der Waals surface area contributed by atoms with Gasteiger partial charge in [-0.1, -0.05) is 0 Å². The van der Waals surface area contributed by atoms with Gasteiger partial charge in [-0.2, -0.15) is 0 Å². The zero-order valence-electron chi connectivity index (χ0n) is 11.7. The van der Waals surface area contributed by atoms with Crippen molar-refractivity contribution >= 4 is 5.91 Å². The Kier molecular flexibility index (Phi) is 3.56. The van der Waals surface area contributed by atoms with E-state index in [1.54, 1.807) is 0 Å². The molecule has 2 heterocycles. The SMILES string of the molecule is O=C(N1CCCCC1)[C@@]1(CCO)CC12CCOCC2. The Hall–Kier alpha value is -0.610. The van der Waals surface area contributed by atoms with Crippen LogP contribution in [0.3, 0.4) is 0 Å². The van der Waals surface area contributed by atoms with E-state index in [-0.39, 0.29) is 17.4 Å². The lowest BCUT2D eigenvalue weighted by molar-refractivity contribution is -0.141. The summed E-state index contributed by atoms with van der Waals surface area (Å²) in [5.41, 5.74) is -0.120. The van der Waals surface area contributed by atoms with Crippen LogP contribution in [0.25, 0.3) is 0 Å². The lowest BCUT2D eigenvalue weighted by atomic mass is 9.82. The predicted molar refractivity (Wildman–Crippen MR) is 71.7 cm³/mol. The Morgan fingerprint density at radius 1 is 1.16 bits per heavy atom. The van der Waals surface area contributed by atoms with Gasteiger partial charge >= 0.3 is 0 Å². The summed E-state index contributed by atoms with van der Waals surface area (Å²) >= 11 is 0. The van der Waals surface area contributed by atoms with Gasteiger partial charge < -0.3 is 14.7 Å². The second kappa shape index (κ2) is 5.06. The lowest BCUT2D eigenvalue weighted by Crippen LogP contribution is -2.43. The minimum absolute atomic E-state index is 0.127. The molecule has 0 unspecified atom stereocenters. The molecule has 3 aliphatic rings. The van der Waals surface area contributed by atoms with Crippen molar-refractivity contribution < 1.29 is 14.6 Å². The van der Waals surface area contributed by atoms with Gasteiger partial charge in [0, 0.05) is 32.9 Å². The lowest BCUT2D eigenvalue weighted by Gasteiger charge is -2.34. The maximum atomic E-state index is 12.9. The summed E-state index contributed by atoms with van der Waals surface area (Å²) in [5, 5.41) is 9.40. The van der Waals surface area contributed by atoms with Gasteiger partial charge in [0.2, 0.25) is 5.91 Å². The molecule has 19 heavy (non-hydrogen) atoms. The van der Waals surface area contributed by atoms with Crippen LogP contribution in [0.5, 0.6) is 0 Å². The third-order valence-electron chi connectivity index (χ3n) is 5.57. The molecular formula is C15H25NO3. The molecule has 0 bridgehead atoms. The molecule has 0 radical (unpaired) electrons. The van der Waals surface area contributed by atoms with E-state index in [0.717, 1.165) is 58.4 Å². The molecule has 108 valence electrons. The van der Waals surface area contributed by atoms with Crippen LogP contribution < -0.4 is 0 Å². The van der Waals surface area contributed by atoms with Gasteiger partial charge in [-0.15, -0.1) is 0 Å². The number of rotatable bonds is 3. The van der Waals surface area contributed by atoms with E-state index in [1.807, 2.05) is 0 Å². The molecule has 0 aromatic carbocycles. The largest absolute Gasteiger partial charge is 0.396 e. The molecule has 1 saturated carbocycles. The fraction of sp³-hybridized carbons (Fsp3) is 0.933. The number of carbonyl (C=O) groups excluding carboxylic acids is 1. The van der Waals surface area contributed by atoms with Gasteiger partial charge in [0.25, 0.3) is 0 Å². The Balaban J connectivity index is 1.75. The smallest absolute Gasteiger partial charge is 0.229 e. The van der Waals surface area contributed by atoms with Crippen LogP contribution in [0.15, 0.2) is 0 Å². The molecule has 0 aromatic rings. The number of hydrogen-bond acceptors (Lipinski definition) is 3. The summed E-state index contributed by atoms with van der Waals surface area (Å²) in [5.74, 6) is 0.322. The minimum atomic E-state index is -0.261. The normalized spacial score (nSPS) is 33.4. The standard InChI is InChI=1S/C15H25NO3/c17-9-4-15(12-14(15)5-10-19-11-6-14)13(18)16-7-2-1-3-8-16/h17H,1-12H2/t15-/m1/s1. The van der Waals surface area contributed by atoms with Crippen LogP contribution in [0.4, 0.5) is 0 Å². The van der Waals surface area contributed by atoms with E-state index in [0.29, 0.717) is 12.3 Å². The third-order valence-corrected chi connectivity index (χ3v) is 5.57. The minimum Gasteiger partial charge on any atom is -0.396 e. The molecule has 1 N–H and O–H groups in total. The number of carbonyl (C=O) groups is 1. The maximum absolute atomic E-state index is 12.9. The number of aliphatic hydroxyl groups excluding tert-OH is 1. The van der Waals surface area contributed by atoms with Crippen molar-refractivity contribution in [1.29, 1.82) is 0 Å². The number of piperidine rings is 1. The van der Waals surface area contributed by atoms with Gasteiger partial charge in [0.1, 0.15) is 0 Å². The molecule has 1 aliphatic carbocycles. The number of likely N-dealkylation sites (tertiary alicyclic amines) is 1. The van der Waals surface area contributed by atoms with Gasteiger partial charge in [0.05, 0.1) is 5.41 Å². The molecule has 4 heteroatoms. The van der Waals surface area contributed by atoms with Gasteiger partial charge in [-0.05, 0) is 50.4 Å². The summed E-state index contributed by atoms with van der Waals surface area (Å²) in [6.07, 6.45) is 7.12. The first-order valence-corrected chi connectivity index (χ1v) is 7.72. The Morgan fingerprint density at radius 2 is 1.84 bits per heavy atom. The fourth-order valence-electron chi connectivity index (χ4n) is 4.30. The first-order valence-electron chi connectivity index (χ1n) is 7.72. The summed E-state index contributed by atoms with van der Waals surface area (Å²) in [7, 11) is 0. The molecule has 3 fully saturated rings. The number of amides is 1. The van der Waals surface area contributed by atoms with E-state index in [1.165, 1.54) is 6.42 Å². The molecule has 1 atom stereocenters. The van der Waals surface area contributed by atoms with Crippen LogP contribution >= 0.6 is 0 Å². The van der Waals surface area contributed by atoms with E-state index in [2.05, 4.69) is 4.90 Å². The van der Waals surface area contributed by atoms with Crippen molar-refractivity contribution in [3.63, 3.8) is 0 Å². The van der Waals surface area contributed by atoms with E-state index < -0.39 is 0 Å². The molecule has 0 aromatic heterocycles.